The number of methoxy groups -OCH3 is 2. The Labute approximate surface area is 90.0 Å². The summed E-state index contributed by atoms with van der Waals surface area (Å²) < 4.78 is 10.3. The molecule has 1 aromatic carbocycles. The molecule has 0 amide bonds. The van der Waals surface area contributed by atoms with Crippen LogP contribution in [-0.4, -0.2) is 20.0 Å². The number of aryl methyl sites for hydroxylation is 1. The lowest BCUT2D eigenvalue weighted by atomic mass is 10.0. The lowest BCUT2D eigenvalue weighted by Gasteiger charge is -2.16. The lowest BCUT2D eigenvalue weighted by molar-refractivity contribution is -0.106. The highest BCUT2D eigenvalue weighted by molar-refractivity contribution is 5.95. The van der Waals surface area contributed by atoms with Crippen molar-refractivity contribution >= 4 is 5.78 Å². The maximum atomic E-state index is 11.4. The third kappa shape index (κ3) is 2.64. The first-order chi connectivity index (χ1) is 7.10. The van der Waals surface area contributed by atoms with E-state index in [4.69, 9.17) is 9.47 Å². The quantitative estimate of drug-likeness (QED) is 0.563. The zero-order valence-corrected chi connectivity index (χ0v) is 9.53. The van der Waals surface area contributed by atoms with Crippen LogP contribution in [0.25, 0.3) is 0 Å². The van der Waals surface area contributed by atoms with Crippen molar-refractivity contribution in [2.24, 2.45) is 0 Å². The molecule has 0 aliphatic heterocycles. The van der Waals surface area contributed by atoms with E-state index in [1.54, 1.807) is 21.1 Å². The Bertz CT molecular complexity index is 354. The minimum atomic E-state index is -0.482. The molecule has 0 aliphatic carbocycles. The van der Waals surface area contributed by atoms with Gasteiger partial charge in [0.25, 0.3) is 0 Å². The molecule has 0 aromatic heterocycles. The van der Waals surface area contributed by atoms with Crippen LogP contribution < -0.4 is 0 Å². The van der Waals surface area contributed by atoms with E-state index in [9.17, 15) is 4.79 Å². The summed E-state index contributed by atoms with van der Waals surface area (Å²) >= 11 is 0. The molecular formula is C12H16O3. The maximum absolute atomic E-state index is 11.4. The highest BCUT2D eigenvalue weighted by Crippen LogP contribution is 2.23. The van der Waals surface area contributed by atoms with Gasteiger partial charge in [-0.25, -0.2) is 0 Å². The molecule has 0 bridgehead atoms. The van der Waals surface area contributed by atoms with Gasteiger partial charge < -0.3 is 9.47 Å². The van der Waals surface area contributed by atoms with Crippen LogP contribution in [-0.2, 0) is 9.47 Å². The molecule has 1 rings (SSSR count). The first-order valence-electron chi connectivity index (χ1n) is 4.77. The summed E-state index contributed by atoms with van der Waals surface area (Å²) in [4.78, 5) is 11.4. The molecular weight excluding hydrogens is 192 g/mol. The molecule has 0 saturated heterocycles. The van der Waals surface area contributed by atoms with Gasteiger partial charge in [0.2, 0.25) is 0 Å². The van der Waals surface area contributed by atoms with Crippen molar-refractivity contribution in [1.82, 2.24) is 0 Å². The number of benzene rings is 1. The molecule has 3 nitrogen and oxygen atoms in total. The van der Waals surface area contributed by atoms with Crippen molar-refractivity contribution in [3.05, 3.63) is 34.9 Å². The number of ketones is 1. The van der Waals surface area contributed by atoms with E-state index in [0.717, 1.165) is 11.1 Å². The van der Waals surface area contributed by atoms with E-state index in [0.29, 0.717) is 5.56 Å². The Morgan fingerprint density at radius 3 is 2.33 bits per heavy atom. The van der Waals surface area contributed by atoms with Crippen molar-refractivity contribution in [2.75, 3.05) is 14.2 Å². The highest BCUT2D eigenvalue weighted by Gasteiger charge is 2.16. The Morgan fingerprint density at radius 2 is 1.87 bits per heavy atom. The molecule has 0 saturated carbocycles. The molecule has 82 valence electrons. The van der Waals surface area contributed by atoms with E-state index in [-0.39, 0.29) is 5.78 Å². The normalized spacial score (nSPS) is 10.7. The van der Waals surface area contributed by atoms with E-state index in [1.807, 2.05) is 25.1 Å². The fraction of sp³-hybridized carbons (Fsp3) is 0.417. The van der Waals surface area contributed by atoms with Crippen molar-refractivity contribution in [2.45, 2.75) is 20.1 Å². The van der Waals surface area contributed by atoms with Crippen molar-refractivity contribution < 1.29 is 14.3 Å². The zero-order valence-electron chi connectivity index (χ0n) is 9.53. The van der Waals surface area contributed by atoms with Gasteiger partial charge in [0.15, 0.2) is 12.1 Å². The monoisotopic (exact) mass is 208 g/mol. The average molecular weight is 208 g/mol. The van der Waals surface area contributed by atoms with Crippen LogP contribution in [0, 0.1) is 6.92 Å². The summed E-state index contributed by atoms with van der Waals surface area (Å²) in [6, 6.07) is 5.65. The molecule has 0 aliphatic rings. The SMILES string of the molecule is COC(OC)c1ccc(C)cc1C(C)=O. The Morgan fingerprint density at radius 1 is 1.27 bits per heavy atom. The summed E-state index contributed by atoms with van der Waals surface area (Å²) in [5.74, 6) is 0.0211. The smallest absolute Gasteiger partial charge is 0.183 e. The minimum absolute atomic E-state index is 0.0211. The van der Waals surface area contributed by atoms with Crippen LogP contribution in [0.1, 0.15) is 34.7 Å². The van der Waals surface area contributed by atoms with E-state index < -0.39 is 6.29 Å². The van der Waals surface area contributed by atoms with Gasteiger partial charge in [0.05, 0.1) is 0 Å². The van der Waals surface area contributed by atoms with Gasteiger partial charge in [-0.3, -0.25) is 4.79 Å². The molecule has 0 spiro atoms. The van der Waals surface area contributed by atoms with E-state index in [1.165, 1.54) is 0 Å². The van der Waals surface area contributed by atoms with Crippen molar-refractivity contribution in [3.8, 4) is 0 Å². The number of hydrogen-bond donors (Lipinski definition) is 0. The number of Topliss-reactive ketones (excluding diaryl/α,β-unsaturated/α-hetero) is 1. The number of carbonyl (C=O) groups excluding carboxylic acids is 1. The van der Waals surface area contributed by atoms with Gasteiger partial charge in [0, 0.05) is 25.3 Å². The number of ether oxygens (including phenoxy) is 2. The van der Waals surface area contributed by atoms with E-state index >= 15 is 0 Å². The van der Waals surface area contributed by atoms with Crippen LogP contribution in [0.2, 0.25) is 0 Å². The standard InChI is InChI=1S/C12H16O3/c1-8-5-6-10(12(14-3)15-4)11(7-8)9(2)13/h5-7,12H,1-4H3. The summed E-state index contributed by atoms with van der Waals surface area (Å²) in [7, 11) is 3.11. The summed E-state index contributed by atoms with van der Waals surface area (Å²) in [6.45, 7) is 3.49. The van der Waals surface area contributed by atoms with Crippen molar-refractivity contribution in [1.29, 1.82) is 0 Å². The average Bonchev–Trinajstić information content (AvgIpc) is 2.21. The van der Waals surface area contributed by atoms with Gasteiger partial charge in [-0.15, -0.1) is 0 Å². The predicted molar refractivity (Wildman–Crippen MR) is 57.9 cm³/mol. The number of hydrogen-bond acceptors (Lipinski definition) is 3. The Hall–Kier alpha value is -1.19. The largest absolute Gasteiger partial charge is 0.352 e. The lowest BCUT2D eigenvalue weighted by Crippen LogP contribution is -2.09. The summed E-state index contributed by atoms with van der Waals surface area (Å²) in [5.41, 5.74) is 2.48. The third-order valence-electron chi connectivity index (χ3n) is 2.27. The van der Waals surface area contributed by atoms with Crippen LogP contribution >= 0.6 is 0 Å². The molecule has 3 heteroatoms. The van der Waals surface area contributed by atoms with Crippen LogP contribution in [0.15, 0.2) is 18.2 Å². The molecule has 0 N–H and O–H groups in total. The summed E-state index contributed by atoms with van der Waals surface area (Å²) in [5, 5.41) is 0. The second kappa shape index (κ2) is 5.05. The molecule has 0 unspecified atom stereocenters. The van der Waals surface area contributed by atoms with Gasteiger partial charge in [-0.1, -0.05) is 17.7 Å². The molecule has 15 heavy (non-hydrogen) atoms. The van der Waals surface area contributed by atoms with Gasteiger partial charge in [-0.2, -0.15) is 0 Å². The van der Waals surface area contributed by atoms with E-state index in [2.05, 4.69) is 0 Å². The Kier molecular flexibility index (Phi) is 4.00. The van der Waals surface area contributed by atoms with Crippen molar-refractivity contribution in [3.63, 3.8) is 0 Å². The van der Waals surface area contributed by atoms with Gasteiger partial charge in [-0.05, 0) is 19.9 Å². The molecule has 0 heterocycles. The summed E-state index contributed by atoms with van der Waals surface area (Å²) in [6.07, 6.45) is -0.482. The van der Waals surface area contributed by atoms with Crippen LogP contribution in [0.5, 0.6) is 0 Å². The highest BCUT2D eigenvalue weighted by atomic mass is 16.7. The van der Waals surface area contributed by atoms with Gasteiger partial charge >= 0.3 is 0 Å². The van der Waals surface area contributed by atoms with Gasteiger partial charge in [0.1, 0.15) is 0 Å². The maximum Gasteiger partial charge on any atom is 0.183 e. The first-order valence-corrected chi connectivity index (χ1v) is 4.77. The number of carbonyl (C=O) groups is 1. The second-order valence-electron chi connectivity index (χ2n) is 3.45. The third-order valence-corrected chi connectivity index (χ3v) is 2.27. The fourth-order valence-electron chi connectivity index (χ4n) is 1.53. The minimum Gasteiger partial charge on any atom is -0.352 e. The predicted octanol–water partition coefficient (Wildman–Crippen LogP) is 2.49. The zero-order chi connectivity index (χ0) is 11.4. The topological polar surface area (TPSA) is 35.5 Å². The Balaban J connectivity index is 3.21. The fourth-order valence-corrected chi connectivity index (χ4v) is 1.53. The molecule has 0 radical (unpaired) electrons. The molecule has 1 aromatic rings. The van der Waals surface area contributed by atoms with Crippen LogP contribution in [0.3, 0.4) is 0 Å². The second-order valence-corrected chi connectivity index (χ2v) is 3.45. The molecule has 0 atom stereocenters. The number of rotatable bonds is 4. The first kappa shape index (κ1) is 11.9. The van der Waals surface area contributed by atoms with Crippen LogP contribution in [0.4, 0.5) is 0 Å². The molecule has 0 fully saturated rings.